The second kappa shape index (κ2) is 17.3. The summed E-state index contributed by atoms with van der Waals surface area (Å²) in [4.78, 5) is 30.8. The van der Waals surface area contributed by atoms with Crippen LogP contribution in [0, 0.1) is 34.5 Å². The van der Waals surface area contributed by atoms with Crippen molar-refractivity contribution < 1.29 is 48.2 Å². The fourth-order valence-electron chi connectivity index (χ4n) is 14.0. The smallest absolute Gasteiger partial charge is 0.338 e. The van der Waals surface area contributed by atoms with Crippen molar-refractivity contribution in [2.75, 3.05) is 48.6 Å². The summed E-state index contributed by atoms with van der Waals surface area (Å²) in [5.74, 6) is -2.81. The average molecular weight is 796 g/mol. The number of unbranched alkanes of at least 4 members (excludes halogenated alkanes) is 8. The highest BCUT2D eigenvalue weighted by molar-refractivity contribution is 5.89. The van der Waals surface area contributed by atoms with Crippen molar-refractivity contribution in [2.24, 2.45) is 34.5 Å². The van der Waals surface area contributed by atoms with Crippen LogP contribution in [0.5, 0.6) is 0 Å². The third kappa shape index (κ3) is 6.65. The van der Waals surface area contributed by atoms with E-state index in [1.165, 1.54) is 26.4 Å². The number of allylic oxidation sites excluding steroid dienone is 2. The van der Waals surface area contributed by atoms with Crippen LogP contribution in [-0.2, 0) is 33.2 Å². The largest absolute Gasteiger partial charge is 0.455 e. The molecule has 0 radical (unpaired) electrons. The lowest BCUT2D eigenvalue weighted by atomic mass is 9.43. The molecular weight excluding hydrogens is 727 g/mol. The van der Waals surface area contributed by atoms with Crippen LogP contribution in [0.2, 0.25) is 0 Å². The van der Waals surface area contributed by atoms with E-state index in [0.717, 1.165) is 57.9 Å². The maximum Gasteiger partial charge on any atom is 0.338 e. The van der Waals surface area contributed by atoms with Crippen molar-refractivity contribution >= 4 is 11.9 Å². The molecule has 1 aromatic rings. The molecule has 11 nitrogen and oxygen atoms in total. The van der Waals surface area contributed by atoms with Gasteiger partial charge in [0.1, 0.15) is 23.9 Å². The minimum absolute atomic E-state index is 0.112. The molecule has 318 valence electrons. The summed E-state index contributed by atoms with van der Waals surface area (Å²) in [7, 11) is 8.79. The van der Waals surface area contributed by atoms with Crippen LogP contribution in [0.15, 0.2) is 42.5 Å². The van der Waals surface area contributed by atoms with Crippen LogP contribution < -0.4 is 0 Å². The SMILES string of the molecule is CCCC/C=C\CCCCCCCCC(=O)O[C@]12[C@H]3[C@@H](OC(=O)c4ccccc4)[C@@](O)(C[C@H]3[C@@]34[C@@H](OC)CC[C@@]5(COC)CN(C)[C@@H]3[C@@H]1[C@H](OC)[C@H]54)[C@@H](OC)[C@@H]2O. The number of piperidine rings is 1. The zero-order valence-corrected chi connectivity index (χ0v) is 35.2. The van der Waals surface area contributed by atoms with Gasteiger partial charge < -0.3 is 43.5 Å². The highest BCUT2D eigenvalue weighted by atomic mass is 16.6. The van der Waals surface area contributed by atoms with Gasteiger partial charge in [-0.05, 0) is 70.0 Å². The van der Waals surface area contributed by atoms with Crippen LogP contribution in [-0.4, -0.2) is 123 Å². The minimum atomic E-state index is -1.77. The summed E-state index contributed by atoms with van der Waals surface area (Å²) >= 11 is 0. The van der Waals surface area contributed by atoms with Gasteiger partial charge in [0.2, 0.25) is 0 Å². The van der Waals surface area contributed by atoms with E-state index < -0.39 is 70.7 Å². The first kappa shape index (κ1) is 42.7. The molecule has 7 bridgehead atoms. The molecule has 1 aromatic carbocycles. The van der Waals surface area contributed by atoms with E-state index in [0.29, 0.717) is 18.6 Å². The van der Waals surface area contributed by atoms with E-state index >= 15 is 0 Å². The molecular formula is C46H69NO10. The molecule has 57 heavy (non-hydrogen) atoms. The van der Waals surface area contributed by atoms with E-state index in [-0.39, 0.29) is 36.3 Å². The van der Waals surface area contributed by atoms with Gasteiger partial charge in [0.25, 0.3) is 0 Å². The lowest BCUT2D eigenvalue weighted by molar-refractivity contribution is -0.317. The van der Waals surface area contributed by atoms with Gasteiger partial charge in [-0.3, -0.25) is 4.79 Å². The first-order chi connectivity index (χ1) is 27.6. The molecule has 1 aliphatic heterocycles. The predicted molar refractivity (Wildman–Crippen MR) is 214 cm³/mol. The number of carbonyl (C=O) groups is 2. The first-order valence-electron chi connectivity index (χ1n) is 21.9. The standard InChI is InChI=1S/C46H69NO10/c1-7-8-9-10-11-12-13-14-15-16-17-21-24-33(48)57-46-34-31(27-44(51,41(55-6)39(46)49)40(34)56-42(50)30-22-19-18-20-23-30)45-32(53-4)25-26-43(29-52-3)28-47(2)38(45)35(46)36(54-5)37(43)45/h10-11,18-20,22-23,31-32,34-41,49,51H,7-9,12-17,21,24-29H2,1-6H3/b11-10-/t31-,32+,34-,35+,36+,37-,38-,39+,40-,41+,43+,44+,45+,46-/m1/s1. The number of esters is 2. The van der Waals surface area contributed by atoms with Gasteiger partial charge in [-0.25, -0.2) is 4.79 Å². The Morgan fingerprint density at radius 1 is 0.895 bits per heavy atom. The lowest BCUT2D eigenvalue weighted by Gasteiger charge is -2.69. The summed E-state index contributed by atoms with van der Waals surface area (Å²) in [5, 5.41) is 25.9. The van der Waals surface area contributed by atoms with Gasteiger partial charge in [0.05, 0.1) is 24.4 Å². The number of methoxy groups -OCH3 is 4. The van der Waals surface area contributed by atoms with Gasteiger partial charge >= 0.3 is 11.9 Å². The van der Waals surface area contributed by atoms with Crippen molar-refractivity contribution in [1.82, 2.24) is 4.90 Å². The molecule has 0 unspecified atom stereocenters. The van der Waals surface area contributed by atoms with Gasteiger partial charge in [-0.2, -0.15) is 0 Å². The number of aliphatic hydroxyl groups is 2. The molecule has 1 saturated heterocycles. The third-order valence-corrected chi connectivity index (χ3v) is 15.6. The van der Waals surface area contributed by atoms with Crippen molar-refractivity contribution in [3.05, 3.63) is 48.0 Å². The second-order valence-electron chi connectivity index (χ2n) is 18.3. The van der Waals surface area contributed by atoms with Crippen molar-refractivity contribution in [2.45, 2.75) is 145 Å². The quantitative estimate of drug-likeness (QED) is 0.0897. The number of fused-ring (bicyclic) bond motifs is 2. The molecule has 0 amide bonds. The van der Waals surface area contributed by atoms with Crippen molar-refractivity contribution in [1.29, 1.82) is 0 Å². The zero-order valence-electron chi connectivity index (χ0n) is 35.2. The fraction of sp³-hybridized carbons (Fsp3) is 0.783. The summed E-state index contributed by atoms with van der Waals surface area (Å²) in [6, 6.07) is 8.51. The van der Waals surface area contributed by atoms with Gasteiger partial charge in [0.15, 0.2) is 5.60 Å². The molecule has 5 saturated carbocycles. The Morgan fingerprint density at radius 3 is 2.26 bits per heavy atom. The summed E-state index contributed by atoms with van der Waals surface area (Å²) in [5.41, 5.74) is -3.98. The number of benzene rings is 1. The topological polar surface area (TPSA) is 133 Å². The molecule has 1 heterocycles. The average Bonchev–Trinajstić information content (AvgIpc) is 3.60. The van der Waals surface area contributed by atoms with Crippen LogP contribution in [0.4, 0.5) is 0 Å². The van der Waals surface area contributed by atoms with E-state index in [9.17, 15) is 19.8 Å². The monoisotopic (exact) mass is 795 g/mol. The second-order valence-corrected chi connectivity index (χ2v) is 18.3. The fourth-order valence-corrected chi connectivity index (χ4v) is 14.0. The summed E-state index contributed by atoms with van der Waals surface area (Å²) < 4.78 is 38.7. The Balaban J connectivity index is 1.24. The first-order valence-corrected chi connectivity index (χ1v) is 21.9. The highest BCUT2D eigenvalue weighted by Crippen LogP contribution is 2.80. The molecule has 7 rings (SSSR count). The van der Waals surface area contributed by atoms with Gasteiger partial charge in [-0.15, -0.1) is 0 Å². The molecule has 2 N–H and O–H groups in total. The Bertz CT molecular complexity index is 1570. The van der Waals surface area contributed by atoms with Crippen LogP contribution in [0.25, 0.3) is 0 Å². The number of rotatable bonds is 20. The Labute approximate surface area is 340 Å². The molecule has 0 aromatic heterocycles. The van der Waals surface area contributed by atoms with E-state index in [2.05, 4.69) is 31.0 Å². The Morgan fingerprint density at radius 2 is 1.60 bits per heavy atom. The highest BCUT2D eigenvalue weighted by Gasteiger charge is 2.91. The summed E-state index contributed by atoms with van der Waals surface area (Å²) in [6.07, 6.45) is 12.9. The number of carbonyl (C=O) groups excluding carboxylic acids is 2. The maximum atomic E-state index is 14.4. The van der Waals surface area contributed by atoms with Crippen molar-refractivity contribution in [3.8, 4) is 0 Å². The van der Waals surface area contributed by atoms with Crippen LogP contribution >= 0.6 is 0 Å². The maximum absolute atomic E-state index is 14.4. The Kier molecular flexibility index (Phi) is 13.0. The number of ether oxygens (including phenoxy) is 6. The van der Waals surface area contributed by atoms with E-state index in [4.69, 9.17) is 28.4 Å². The third-order valence-electron chi connectivity index (χ3n) is 15.6. The number of aliphatic hydroxyl groups excluding tert-OH is 1. The predicted octanol–water partition coefficient (Wildman–Crippen LogP) is 6.13. The molecule has 5 aliphatic carbocycles. The molecule has 11 heteroatoms. The number of hydrogen-bond acceptors (Lipinski definition) is 11. The number of hydrogen-bond donors (Lipinski definition) is 2. The van der Waals surface area contributed by atoms with E-state index in [1.807, 2.05) is 6.07 Å². The Hall–Kier alpha value is -2.38. The molecule has 6 fully saturated rings. The number of likely N-dealkylation sites (tertiary alicyclic amines) is 1. The summed E-state index contributed by atoms with van der Waals surface area (Å²) in [6.45, 7) is 3.45. The van der Waals surface area contributed by atoms with Gasteiger partial charge in [-0.1, -0.05) is 75.8 Å². The van der Waals surface area contributed by atoms with Crippen LogP contribution in [0.3, 0.4) is 0 Å². The molecule has 14 atom stereocenters. The number of nitrogens with zero attached hydrogens (tertiary/aromatic N) is 1. The molecule has 1 spiro atoms. The van der Waals surface area contributed by atoms with E-state index in [1.54, 1.807) is 45.6 Å². The minimum Gasteiger partial charge on any atom is -0.455 e. The molecule has 6 aliphatic rings. The zero-order chi connectivity index (χ0) is 40.6. The normalized spacial score (nSPS) is 41.4. The lowest BCUT2D eigenvalue weighted by Crippen LogP contribution is -2.80. The van der Waals surface area contributed by atoms with Crippen LogP contribution in [0.1, 0.15) is 107 Å². The van der Waals surface area contributed by atoms with Crippen molar-refractivity contribution in [3.63, 3.8) is 0 Å². The van der Waals surface area contributed by atoms with Gasteiger partial charge in [0, 0.05) is 76.0 Å².